The highest BCUT2D eigenvalue weighted by Gasteiger charge is 2.24. The molecule has 1 aliphatic heterocycles. The maximum absolute atomic E-state index is 12.4. The zero-order valence-corrected chi connectivity index (χ0v) is 16.7. The van der Waals surface area contributed by atoms with Crippen molar-refractivity contribution in [2.24, 2.45) is 4.99 Å². The number of benzene rings is 2. The summed E-state index contributed by atoms with van der Waals surface area (Å²) in [5, 5.41) is 2.36. The molecule has 4 nitrogen and oxygen atoms in total. The molecule has 2 aromatic rings. The quantitative estimate of drug-likeness (QED) is 0.659. The number of halogens is 3. The fourth-order valence-corrected chi connectivity index (χ4v) is 3.77. The predicted octanol–water partition coefficient (Wildman–Crippen LogP) is 5.16. The number of ether oxygens (including phenoxy) is 1. The van der Waals surface area contributed by atoms with E-state index >= 15 is 0 Å². The van der Waals surface area contributed by atoms with E-state index in [-0.39, 0.29) is 12.5 Å². The Hall–Kier alpha value is -1.40. The molecule has 0 bridgehead atoms. The molecule has 1 amide bonds. The van der Waals surface area contributed by atoms with Crippen LogP contribution < -0.4 is 4.74 Å². The lowest BCUT2D eigenvalue weighted by atomic mass is 10.2. The van der Waals surface area contributed by atoms with Crippen LogP contribution in [0.25, 0.3) is 0 Å². The molecule has 1 heterocycles. The topological polar surface area (TPSA) is 41.9 Å². The summed E-state index contributed by atoms with van der Waals surface area (Å²) >= 11 is 19.3. The van der Waals surface area contributed by atoms with Gasteiger partial charge in [0.25, 0.3) is 5.91 Å². The molecule has 1 aliphatic rings. The number of hydrogen-bond acceptors (Lipinski definition) is 4. The number of hydrogen-bond donors (Lipinski definition) is 0. The maximum atomic E-state index is 12.4. The molecule has 2 aromatic carbocycles. The van der Waals surface area contributed by atoms with Crippen LogP contribution >= 0.6 is 46.6 Å². The van der Waals surface area contributed by atoms with E-state index in [0.717, 1.165) is 5.56 Å². The summed E-state index contributed by atoms with van der Waals surface area (Å²) in [6.45, 7) is 1.11. The van der Waals surface area contributed by atoms with E-state index in [9.17, 15) is 4.79 Å². The largest absolute Gasteiger partial charge is 0.484 e. The second kappa shape index (κ2) is 9.00. The molecule has 0 saturated carbocycles. The van der Waals surface area contributed by atoms with Crippen molar-refractivity contribution < 1.29 is 9.53 Å². The first kappa shape index (κ1) is 19.4. The Balaban J connectivity index is 1.54. The maximum Gasteiger partial charge on any atom is 0.266 e. The summed E-state index contributed by atoms with van der Waals surface area (Å²) in [6, 6.07) is 12.4. The molecule has 26 heavy (non-hydrogen) atoms. The van der Waals surface area contributed by atoms with E-state index in [2.05, 4.69) is 4.99 Å². The van der Waals surface area contributed by atoms with Gasteiger partial charge in [-0.3, -0.25) is 14.7 Å². The zero-order valence-electron chi connectivity index (χ0n) is 13.6. The number of amidine groups is 1. The molecule has 0 aromatic heterocycles. The van der Waals surface area contributed by atoms with Gasteiger partial charge in [0.2, 0.25) is 0 Å². The molecule has 0 spiro atoms. The standard InChI is InChI=1S/C18H15Cl3N2O2S/c19-13-2-4-14(5-3-13)25-10-17(24)23-8-7-22-18(23)26-11-12-1-6-15(20)16(21)9-12/h1-6,9H,7-8,10-11H2. The van der Waals surface area contributed by atoms with Crippen LogP contribution in [0.5, 0.6) is 5.75 Å². The molecular weight excluding hydrogens is 415 g/mol. The van der Waals surface area contributed by atoms with Crippen LogP contribution in [-0.4, -0.2) is 35.7 Å². The Labute approximate surface area is 171 Å². The first-order valence-electron chi connectivity index (χ1n) is 7.83. The smallest absolute Gasteiger partial charge is 0.266 e. The average Bonchev–Trinajstić information content (AvgIpc) is 3.11. The molecule has 0 unspecified atom stereocenters. The fraction of sp³-hybridized carbons (Fsp3) is 0.222. The van der Waals surface area contributed by atoms with Gasteiger partial charge in [0.15, 0.2) is 11.8 Å². The Kier molecular flexibility index (Phi) is 6.70. The average molecular weight is 430 g/mol. The first-order chi connectivity index (χ1) is 12.5. The predicted molar refractivity (Wildman–Crippen MR) is 109 cm³/mol. The summed E-state index contributed by atoms with van der Waals surface area (Å²) < 4.78 is 5.53. The monoisotopic (exact) mass is 428 g/mol. The van der Waals surface area contributed by atoms with E-state index in [4.69, 9.17) is 39.5 Å². The van der Waals surface area contributed by atoms with Crippen molar-refractivity contribution in [3.8, 4) is 5.75 Å². The van der Waals surface area contributed by atoms with Crippen LogP contribution in [0.1, 0.15) is 5.56 Å². The van der Waals surface area contributed by atoms with E-state index < -0.39 is 0 Å². The highest BCUT2D eigenvalue weighted by Crippen LogP contribution is 2.26. The highest BCUT2D eigenvalue weighted by atomic mass is 35.5. The van der Waals surface area contributed by atoms with Crippen molar-refractivity contribution in [2.45, 2.75) is 5.75 Å². The Morgan fingerprint density at radius 3 is 2.62 bits per heavy atom. The third kappa shape index (κ3) is 5.07. The zero-order chi connectivity index (χ0) is 18.5. The van der Waals surface area contributed by atoms with Crippen LogP contribution in [0.3, 0.4) is 0 Å². The number of carbonyl (C=O) groups is 1. The number of rotatable bonds is 5. The summed E-state index contributed by atoms with van der Waals surface area (Å²) in [5.74, 6) is 1.12. The summed E-state index contributed by atoms with van der Waals surface area (Å²) in [6.07, 6.45) is 0. The summed E-state index contributed by atoms with van der Waals surface area (Å²) in [7, 11) is 0. The van der Waals surface area contributed by atoms with Crippen LogP contribution in [-0.2, 0) is 10.5 Å². The van der Waals surface area contributed by atoms with Gasteiger partial charge in [-0.15, -0.1) is 0 Å². The minimum Gasteiger partial charge on any atom is -0.484 e. The minimum atomic E-state index is -0.127. The Morgan fingerprint density at radius 2 is 1.88 bits per heavy atom. The van der Waals surface area contributed by atoms with E-state index in [0.29, 0.717) is 44.8 Å². The molecule has 3 rings (SSSR count). The van der Waals surface area contributed by atoms with Gasteiger partial charge in [-0.25, -0.2) is 0 Å². The van der Waals surface area contributed by atoms with E-state index in [1.807, 2.05) is 12.1 Å². The molecule has 136 valence electrons. The summed E-state index contributed by atoms with van der Waals surface area (Å²) in [5.41, 5.74) is 1.02. The van der Waals surface area contributed by atoms with Crippen molar-refractivity contribution in [3.05, 3.63) is 63.1 Å². The van der Waals surface area contributed by atoms with E-state index in [1.165, 1.54) is 11.8 Å². The third-order valence-electron chi connectivity index (χ3n) is 3.63. The van der Waals surface area contributed by atoms with E-state index in [1.54, 1.807) is 35.2 Å². The SMILES string of the molecule is O=C(COc1ccc(Cl)cc1)N1CCN=C1SCc1ccc(Cl)c(Cl)c1. The molecule has 0 atom stereocenters. The number of amides is 1. The van der Waals surface area contributed by atoms with Gasteiger partial charge in [-0.05, 0) is 42.0 Å². The minimum absolute atomic E-state index is 0.0476. The van der Waals surface area contributed by atoms with Crippen molar-refractivity contribution in [1.29, 1.82) is 0 Å². The van der Waals surface area contributed by atoms with Gasteiger partial charge in [-0.1, -0.05) is 52.6 Å². The number of thioether (sulfide) groups is 1. The Bertz CT molecular complexity index is 828. The normalized spacial score (nSPS) is 13.7. The lowest BCUT2D eigenvalue weighted by Gasteiger charge is -2.18. The van der Waals surface area contributed by atoms with Crippen molar-refractivity contribution >= 4 is 57.6 Å². The van der Waals surface area contributed by atoms with Gasteiger partial charge in [0.1, 0.15) is 5.75 Å². The van der Waals surface area contributed by atoms with Crippen LogP contribution in [0, 0.1) is 0 Å². The van der Waals surface area contributed by atoms with Crippen molar-refractivity contribution in [1.82, 2.24) is 4.90 Å². The molecule has 0 radical (unpaired) electrons. The molecule has 0 N–H and O–H groups in total. The number of carbonyl (C=O) groups excluding carboxylic acids is 1. The molecule has 0 aliphatic carbocycles. The lowest BCUT2D eigenvalue weighted by molar-refractivity contribution is -0.128. The Morgan fingerprint density at radius 1 is 1.12 bits per heavy atom. The number of aliphatic imine (C=N–C) groups is 1. The van der Waals surface area contributed by atoms with Crippen molar-refractivity contribution in [3.63, 3.8) is 0 Å². The van der Waals surface area contributed by atoms with Crippen LogP contribution in [0.4, 0.5) is 0 Å². The third-order valence-corrected chi connectivity index (χ3v) is 5.71. The number of nitrogens with zero attached hydrogens (tertiary/aromatic N) is 2. The second-order valence-electron chi connectivity index (χ2n) is 5.49. The van der Waals surface area contributed by atoms with Gasteiger partial charge in [0.05, 0.1) is 16.6 Å². The van der Waals surface area contributed by atoms with Crippen molar-refractivity contribution in [2.75, 3.05) is 19.7 Å². The molecule has 0 fully saturated rings. The van der Waals surface area contributed by atoms with Crippen LogP contribution in [0.2, 0.25) is 15.1 Å². The second-order valence-corrected chi connectivity index (χ2v) is 7.68. The highest BCUT2D eigenvalue weighted by molar-refractivity contribution is 8.13. The molecule has 0 saturated heterocycles. The summed E-state index contributed by atoms with van der Waals surface area (Å²) in [4.78, 5) is 18.5. The van der Waals surface area contributed by atoms with Gasteiger partial charge < -0.3 is 4.74 Å². The van der Waals surface area contributed by atoms with Crippen LogP contribution in [0.15, 0.2) is 47.5 Å². The fourth-order valence-electron chi connectivity index (χ4n) is 2.31. The van der Waals surface area contributed by atoms with Gasteiger partial charge >= 0.3 is 0 Å². The van der Waals surface area contributed by atoms with Gasteiger partial charge in [-0.2, -0.15) is 0 Å². The molecule has 8 heteroatoms. The lowest BCUT2D eigenvalue weighted by Crippen LogP contribution is -2.36. The first-order valence-corrected chi connectivity index (χ1v) is 9.95. The molecular formula is C18H15Cl3N2O2S. The van der Waals surface area contributed by atoms with Gasteiger partial charge in [0, 0.05) is 17.3 Å².